The molecule has 0 saturated carbocycles. The van der Waals surface area contributed by atoms with Gasteiger partial charge in [-0.2, -0.15) is 0 Å². The molecule has 0 fully saturated rings. The van der Waals surface area contributed by atoms with Crippen LogP contribution in [0.2, 0.25) is 0 Å². The second kappa shape index (κ2) is 9.22. The van der Waals surface area contributed by atoms with Crippen molar-refractivity contribution in [3.8, 4) is 5.75 Å². The molecule has 0 radical (unpaired) electrons. The lowest BCUT2D eigenvalue weighted by Crippen LogP contribution is -2.25. The Morgan fingerprint density at radius 3 is 3.00 bits per heavy atom. The maximum absolute atomic E-state index is 12.5. The number of fused-ring (bicyclic) bond motifs is 3. The molecule has 0 bridgehead atoms. The van der Waals surface area contributed by atoms with Crippen LogP contribution in [0, 0.1) is 0 Å². The number of nitrogens with one attached hydrogen (secondary N) is 2. The largest absolute Gasteiger partial charge is 0.491 e. The highest BCUT2D eigenvalue weighted by molar-refractivity contribution is 7.99. The molecule has 2 N–H and O–H groups in total. The van der Waals surface area contributed by atoms with E-state index < -0.39 is 0 Å². The van der Waals surface area contributed by atoms with Gasteiger partial charge in [0.05, 0.1) is 23.0 Å². The molecule has 158 valence electrons. The van der Waals surface area contributed by atoms with Crippen molar-refractivity contribution in [1.29, 1.82) is 0 Å². The average Bonchev–Trinajstić information content (AvgIpc) is 3.27. The predicted octanol–water partition coefficient (Wildman–Crippen LogP) is 3.81. The number of H-pyrrole nitrogens is 1. The average molecular weight is 444 g/mol. The van der Waals surface area contributed by atoms with Crippen LogP contribution in [0.4, 0.5) is 0 Å². The molecule has 3 aromatic rings. The number of ether oxygens (including phenoxy) is 1. The lowest BCUT2D eigenvalue weighted by Gasteiger charge is -2.14. The molecule has 8 heteroatoms. The topological polar surface area (TPSA) is 84.1 Å². The molecule has 6 nitrogen and oxygen atoms in total. The highest BCUT2D eigenvalue weighted by Crippen LogP contribution is 2.34. The van der Waals surface area contributed by atoms with Crippen molar-refractivity contribution in [2.45, 2.75) is 51.5 Å². The Morgan fingerprint density at radius 2 is 2.17 bits per heavy atom. The van der Waals surface area contributed by atoms with Gasteiger partial charge in [-0.25, -0.2) is 4.98 Å². The number of para-hydroxylation sites is 1. The maximum atomic E-state index is 12.5. The van der Waals surface area contributed by atoms with E-state index in [1.165, 1.54) is 22.2 Å². The normalized spacial score (nSPS) is 13.0. The fraction of sp³-hybridized carbons (Fsp3) is 0.409. The molecule has 4 rings (SSSR count). The van der Waals surface area contributed by atoms with Crippen LogP contribution < -0.4 is 15.6 Å². The first-order chi connectivity index (χ1) is 14.5. The number of thiophene rings is 1. The Balaban J connectivity index is 1.31. The van der Waals surface area contributed by atoms with Crippen molar-refractivity contribution < 1.29 is 9.53 Å². The summed E-state index contributed by atoms with van der Waals surface area (Å²) in [7, 11) is 0. The van der Waals surface area contributed by atoms with Crippen LogP contribution in [-0.2, 0) is 29.9 Å². The summed E-state index contributed by atoms with van der Waals surface area (Å²) in [5.74, 6) is 2.15. The van der Waals surface area contributed by atoms with Gasteiger partial charge in [0, 0.05) is 17.0 Å². The number of amides is 1. The zero-order chi connectivity index (χ0) is 21.1. The molecule has 1 aliphatic carbocycles. The lowest BCUT2D eigenvalue weighted by molar-refractivity contribution is -0.118. The van der Waals surface area contributed by atoms with E-state index in [1.54, 1.807) is 11.3 Å². The number of rotatable bonds is 8. The minimum atomic E-state index is -0.0575. The van der Waals surface area contributed by atoms with Crippen molar-refractivity contribution in [2.24, 2.45) is 0 Å². The molecule has 0 unspecified atom stereocenters. The standard InChI is InChI=1S/C22H25N3O3S2/c1-13(2)28-16-8-4-3-6-14(16)10-23-19(26)12-29-11-18-24-21(27)20-15-7-5-9-17(15)30-22(20)25-18/h3-4,6,8,13H,5,7,9-12H2,1-2H3,(H,23,26)(H,24,25,27). The Hall–Kier alpha value is -2.32. The van der Waals surface area contributed by atoms with E-state index >= 15 is 0 Å². The van der Waals surface area contributed by atoms with E-state index in [9.17, 15) is 9.59 Å². The van der Waals surface area contributed by atoms with Crippen molar-refractivity contribution >= 4 is 39.2 Å². The van der Waals surface area contributed by atoms with E-state index in [4.69, 9.17) is 4.74 Å². The fourth-order valence-corrected chi connectivity index (χ4v) is 5.62. The number of benzene rings is 1. The second-order valence-corrected chi connectivity index (χ2v) is 9.66. The van der Waals surface area contributed by atoms with Crippen LogP contribution in [-0.4, -0.2) is 27.7 Å². The molecule has 0 atom stereocenters. The van der Waals surface area contributed by atoms with Gasteiger partial charge in [-0.15, -0.1) is 23.1 Å². The number of carbonyl (C=O) groups is 1. The Kier molecular flexibility index (Phi) is 6.43. The van der Waals surface area contributed by atoms with Gasteiger partial charge in [-0.05, 0) is 44.7 Å². The van der Waals surface area contributed by atoms with Crippen molar-refractivity contribution in [3.05, 3.63) is 56.4 Å². The highest BCUT2D eigenvalue weighted by atomic mass is 32.2. The van der Waals surface area contributed by atoms with E-state index in [-0.39, 0.29) is 17.6 Å². The number of nitrogens with zero attached hydrogens (tertiary/aromatic N) is 1. The zero-order valence-corrected chi connectivity index (χ0v) is 18.8. The lowest BCUT2D eigenvalue weighted by atomic mass is 10.2. The van der Waals surface area contributed by atoms with Crippen molar-refractivity contribution in [1.82, 2.24) is 15.3 Å². The Labute approximate surface area is 183 Å². The molecule has 2 aromatic heterocycles. The Bertz CT molecular complexity index is 1120. The number of thioether (sulfide) groups is 1. The van der Waals surface area contributed by atoms with Crippen LogP contribution in [0.3, 0.4) is 0 Å². The first-order valence-electron chi connectivity index (χ1n) is 10.1. The molecule has 30 heavy (non-hydrogen) atoms. The monoisotopic (exact) mass is 443 g/mol. The quantitative estimate of drug-likeness (QED) is 0.553. The van der Waals surface area contributed by atoms with Crippen molar-refractivity contribution in [3.63, 3.8) is 0 Å². The van der Waals surface area contributed by atoms with Gasteiger partial charge in [-0.3, -0.25) is 9.59 Å². The summed E-state index contributed by atoms with van der Waals surface area (Å²) < 4.78 is 5.79. The number of hydrogen-bond acceptors (Lipinski definition) is 6. The third-order valence-corrected chi connectivity index (χ3v) is 7.04. The third-order valence-electron chi connectivity index (χ3n) is 4.91. The van der Waals surface area contributed by atoms with Gasteiger partial charge >= 0.3 is 0 Å². The molecular weight excluding hydrogens is 418 g/mol. The number of aromatic nitrogens is 2. The van der Waals surface area contributed by atoms with Gasteiger partial charge in [0.1, 0.15) is 16.4 Å². The van der Waals surface area contributed by atoms with E-state index in [0.717, 1.165) is 40.8 Å². The molecule has 2 heterocycles. The maximum Gasteiger partial charge on any atom is 0.259 e. The van der Waals surface area contributed by atoms with Crippen LogP contribution >= 0.6 is 23.1 Å². The minimum absolute atomic E-state index is 0.0544. The van der Waals surface area contributed by atoms with Crippen LogP contribution in [0.1, 0.15) is 42.1 Å². The molecular formula is C22H25N3O3S2. The molecule has 0 saturated heterocycles. The molecule has 1 aliphatic rings. The first-order valence-corrected chi connectivity index (χ1v) is 12.1. The molecule has 0 spiro atoms. The van der Waals surface area contributed by atoms with Crippen LogP contribution in [0.15, 0.2) is 29.1 Å². The molecule has 0 aliphatic heterocycles. The van der Waals surface area contributed by atoms with Gasteiger partial charge in [0.2, 0.25) is 5.91 Å². The number of aryl methyl sites for hydroxylation is 2. The first kappa shape index (κ1) is 20.9. The molecule has 1 amide bonds. The smallest absolute Gasteiger partial charge is 0.259 e. The Morgan fingerprint density at radius 1 is 1.33 bits per heavy atom. The summed E-state index contributed by atoms with van der Waals surface area (Å²) in [4.78, 5) is 34.4. The summed E-state index contributed by atoms with van der Waals surface area (Å²) in [6.07, 6.45) is 3.22. The number of hydrogen-bond donors (Lipinski definition) is 2. The van der Waals surface area contributed by atoms with Gasteiger partial charge < -0.3 is 15.0 Å². The van der Waals surface area contributed by atoms with Gasteiger partial charge in [0.15, 0.2) is 0 Å². The van der Waals surface area contributed by atoms with E-state index in [2.05, 4.69) is 15.3 Å². The fourth-order valence-electron chi connectivity index (χ4n) is 3.62. The third kappa shape index (κ3) is 4.70. The van der Waals surface area contributed by atoms with Gasteiger partial charge in [-0.1, -0.05) is 18.2 Å². The van der Waals surface area contributed by atoms with Gasteiger partial charge in [0.25, 0.3) is 5.56 Å². The summed E-state index contributed by atoms with van der Waals surface area (Å²) in [5, 5.41) is 3.70. The summed E-state index contributed by atoms with van der Waals surface area (Å²) in [6, 6.07) is 7.72. The summed E-state index contributed by atoms with van der Waals surface area (Å²) >= 11 is 3.08. The van der Waals surface area contributed by atoms with Crippen molar-refractivity contribution in [2.75, 3.05) is 5.75 Å². The SMILES string of the molecule is CC(C)Oc1ccccc1CNC(=O)CSCc1nc2sc3c(c2c(=O)[nH]1)CCC3. The number of aromatic amines is 1. The zero-order valence-electron chi connectivity index (χ0n) is 17.1. The predicted molar refractivity (Wildman–Crippen MR) is 122 cm³/mol. The minimum Gasteiger partial charge on any atom is -0.491 e. The second-order valence-electron chi connectivity index (χ2n) is 7.59. The van der Waals surface area contributed by atoms with Crippen LogP contribution in [0.25, 0.3) is 10.2 Å². The molecule has 1 aromatic carbocycles. The summed E-state index contributed by atoms with van der Waals surface area (Å²) in [5.41, 5.74) is 2.08. The van der Waals surface area contributed by atoms with Crippen LogP contribution in [0.5, 0.6) is 5.75 Å². The number of carbonyl (C=O) groups excluding carboxylic acids is 1. The highest BCUT2D eigenvalue weighted by Gasteiger charge is 2.21. The summed E-state index contributed by atoms with van der Waals surface area (Å²) in [6.45, 7) is 4.38. The van der Waals surface area contributed by atoms with E-state index in [1.807, 2.05) is 38.1 Å². The van der Waals surface area contributed by atoms with E-state index in [0.29, 0.717) is 23.9 Å².